The predicted molar refractivity (Wildman–Crippen MR) is 76.1 cm³/mol. The normalized spacial score (nSPS) is 22.4. The summed E-state index contributed by atoms with van der Waals surface area (Å²) >= 11 is 0. The van der Waals surface area contributed by atoms with E-state index in [9.17, 15) is 9.90 Å². The smallest absolute Gasteiger partial charge is 0.241 e. The molecule has 4 nitrogen and oxygen atoms in total. The molecule has 1 aliphatic heterocycles. The van der Waals surface area contributed by atoms with Crippen molar-refractivity contribution in [3.05, 3.63) is 29.8 Å². The molecule has 2 atom stereocenters. The molecule has 3 N–H and O–H groups in total. The molecule has 0 aliphatic carbocycles. The lowest BCUT2D eigenvalue weighted by Gasteiger charge is -2.11. The molecule has 2 unspecified atom stereocenters. The van der Waals surface area contributed by atoms with Gasteiger partial charge in [0.25, 0.3) is 0 Å². The van der Waals surface area contributed by atoms with Crippen LogP contribution in [0, 0.1) is 0 Å². The fourth-order valence-electron chi connectivity index (χ4n) is 2.28. The van der Waals surface area contributed by atoms with E-state index in [0.29, 0.717) is 13.0 Å². The zero-order valence-electron chi connectivity index (χ0n) is 11.4. The number of anilines is 1. The van der Waals surface area contributed by atoms with Gasteiger partial charge in [0.1, 0.15) is 0 Å². The fraction of sp³-hybridized carbons (Fsp3) is 0.533. The number of aryl methyl sites for hydroxylation is 1. The second-order valence-corrected chi connectivity index (χ2v) is 5.14. The first-order valence-electron chi connectivity index (χ1n) is 7.00. The van der Waals surface area contributed by atoms with Crippen molar-refractivity contribution in [2.24, 2.45) is 0 Å². The van der Waals surface area contributed by atoms with Gasteiger partial charge in [-0.15, -0.1) is 0 Å². The molecule has 0 radical (unpaired) electrons. The highest BCUT2D eigenvalue weighted by atomic mass is 16.3. The number of aliphatic hydroxyl groups excluding tert-OH is 1. The maximum Gasteiger partial charge on any atom is 0.241 e. The van der Waals surface area contributed by atoms with Gasteiger partial charge >= 0.3 is 0 Å². The van der Waals surface area contributed by atoms with E-state index in [4.69, 9.17) is 0 Å². The van der Waals surface area contributed by atoms with Gasteiger partial charge < -0.3 is 15.7 Å². The third kappa shape index (κ3) is 4.04. The number of rotatable bonds is 5. The third-order valence-electron chi connectivity index (χ3n) is 3.46. The Morgan fingerprint density at radius 3 is 2.74 bits per heavy atom. The Labute approximate surface area is 114 Å². The molecule has 1 aliphatic rings. The van der Waals surface area contributed by atoms with Gasteiger partial charge in [-0.2, -0.15) is 0 Å². The quantitative estimate of drug-likeness (QED) is 0.757. The van der Waals surface area contributed by atoms with Crippen molar-refractivity contribution in [1.82, 2.24) is 5.32 Å². The monoisotopic (exact) mass is 262 g/mol. The summed E-state index contributed by atoms with van der Waals surface area (Å²) in [5.41, 5.74) is 2.11. The number of carbonyl (C=O) groups excluding carboxylic acids is 1. The number of unbranched alkanes of at least 4 members (excludes halogenated alkanes) is 1. The van der Waals surface area contributed by atoms with E-state index >= 15 is 0 Å². The van der Waals surface area contributed by atoms with Crippen molar-refractivity contribution in [1.29, 1.82) is 0 Å². The summed E-state index contributed by atoms with van der Waals surface area (Å²) in [6, 6.07) is 7.71. The van der Waals surface area contributed by atoms with Crippen LogP contribution in [0.25, 0.3) is 0 Å². The molecule has 1 aromatic rings. The van der Waals surface area contributed by atoms with Gasteiger partial charge in [-0.05, 0) is 37.0 Å². The van der Waals surface area contributed by atoms with E-state index in [0.717, 1.165) is 12.1 Å². The van der Waals surface area contributed by atoms with Gasteiger partial charge in [0.05, 0.1) is 12.1 Å². The average Bonchev–Trinajstić information content (AvgIpc) is 2.85. The van der Waals surface area contributed by atoms with Gasteiger partial charge in [-0.25, -0.2) is 0 Å². The number of aliphatic hydroxyl groups is 1. The molecule has 0 bridgehead atoms. The average molecular weight is 262 g/mol. The Morgan fingerprint density at radius 1 is 1.42 bits per heavy atom. The van der Waals surface area contributed by atoms with Crippen molar-refractivity contribution >= 4 is 11.6 Å². The number of β-amino-alcohol motifs (C(OH)–C–C–N with tert-alkyl or cyclic N) is 1. The predicted octanol–water partition coefficient (Wildman–Crippen LogP) is 1.69. The summed E-state index contributed by atoms with van der Waals surface area (Å²) in [6.07, 6.45) is 3.54. The van der Waals surface area contributed by atoms with E-state index in [1.54, 1.807) is 0 Å². The fourth-order valence-corrected chi connectivity index (χ4v) is 2.28. The lowest BCUT2D eigenvalue weighted by Crippen LogP contribution is -2.35. The Morgan fingerprint density at radius 2 is 2.16 bits per heavy atom. The van der Waals surface area contributed by atoms with E-state index in [1.165, 1.54) is 18.4 Å². The largest absolute Gasteiger partial charge is 0.392 e. The standard InChI is InChI=1S/C15H22N2O2/c1-2-3-4-11-5-7-12(8-6-11)17-15(19)14-9-13(18)10-16-14/h5-8,13-14,16,18H,2-4,9-10H2,1H3,(H,17,19). The molecule has 1 saturated heterocycles. The minimum absolute atomic E-state index is 0.0714. The molecular formula is C15H22N2O2. The number of hydrogen-bond acceptors (Lipinski definition) is 3. The summed E-state index contributed by atoms with van der Waals surface area (Å²) in [7, 11) is 0. The molecule has 1 amide bonds. The Hall–Kier alpha value is -1.39. The van der Waals surface area contributed by atoms with Gasteiger partial charge in [0.15, 0.2) is 0 Å². The van der Waals surface area contributed by atoms with Crippen LogP contribution in [0.3, 0.4) is 0 Å². The topological polar surface area (TPSA) is 61.4 Å². The van der Waals surface area contributed by atoms with Crippen LogP contribution in [-0.2, 0) is 11.2 Å². The highest BCUT2D eigenvalue weighted by Gasteiger charge is 2.27. The van der Waals surface area contributed by atoms with Crippen molar-refractivity contribution in [3.63, 3.8) is 0 Å². The Balaban J connectivity index is 1.87. The number of benzene rings is 1. The van der Waals surface area contributed by atoms with Crippen molar-refractivity contribution in [2.75, 3.05) is 11.9 Å². The molecule has 1 fully saturated rings. The van der Waals surface area contributed by atoms with E-state index in [1.807, 2.05) is 12.1 Å². The van der Waals surface area contributed by atoms with E-state index in [2.05, 4.69) is 29.7 Å². The first-order chi connectivity index (χ1) is 9.19. The summed E-state index contributed by atoms with van der Waals surface area (Å²) < 4.78 is 0. The lowest BCUT2D eigenvalue weighted by atomic mass is 10.1. The first kappa shape index (κ1) is 14.0. The minimum Gasteiger partial charge on any atom is -0.392 e. The summed E-state index contributed by atoms with van der Waals surface area (Å²) in [5.74, 6) is -0.0714. The second kappa shape index (κ2) is 6.68. The molecule has 19 heavy (non-hydrogen) atoms. The summed E-state index contributed by atoms with van der Waals surface area (Å²) in [6.45, 7) is 2.67. The van der Waals surface area contributed by atoms with Crippen LogP contribution in [0.1, 0.15) is 31.7 Å². The van der Waals surface area contributed by atoms with Crippen molar-refractivity contribution in [2.45, 2.75) is 44.8 Å². The van der Waals surface area contributed by atoms with Gasteiger partial charge in [0.2, 0.25) is 5.91 Å². The molecule has 1 aromatic carbocycles. The maximum absolute atomic E-state index is 11.9. The van der Waals surface area contributed by atoms with Gasteiger partial charge in [0, 0.05) is 12.2 Å². The van der Waals surface area contributed by atoms with Crippen LogP contribution >= 0.6 is 0 Å². The first-order valence-corrected chi connectivity index (χ1v) is 7.00. The molecule has 4 heteroatoms. The van der Waals surface area contributed by atoms with Crippen LogP contribution in [-0.4, -0.2) is 29.7 Å². The zero-order valence-corrected chi connectivity index (χ0v) is 11.4. The number of nitrogens with one attached hydrogen (secondary N) is 2. The van der Waals surface area contributed by atoms with Gasteiger partial charge in [-0.3, -0.25) is 4.79 Å². The molecule has 0 saturated carbocycles. The van der Waals surface area contributed by atoms with Crippen LogP contribution < -0.4 is 10.6 Å². The maximum atomic E-state index is 11.9. The highest BCUT2D eigenvalue weighted by molar-refractivity contribution is 5.95. The minimum atomic E-state index is -0.410. The Bertz CT molecular complexity index is 417. The van der Waals surface area contributed by atoms with Crippen molar-refractivity contribution in [3.8, 4) is 0 Å². The van der Waals surface area contributed by atoms with Crippen LogP contribution in [0.2, 0.25) is 0 Å². The summed E-state index contributed by atoms with van der Waals surface area (Å²) in [4.78, 5) is 11.9. The Kier molecular flexibility index (Phi) is 4.93. The number of amides is 1. The van der Waals surface area contributed by atoms with Crippen LogP contribution in [0.5, 0.6) is 0 Å². The summed E-state index contributed by atoms with van der Waals surface area (Å²) in [5, 5.41) is 15.3. The molecule has 2 rings (SSSR count). The van der Waals surface area contributed by atoms with Crippen LogP contribution in [0.15, 0.2) is 24.3 Å². The van der Waals surface area contributed by atoms with E-state index in [-0.39, 0.29) is 11.9 Å². The van der Waals surface area contributed by atoms with Crippen LogP contribution in [0.4, 0.5) is 5.69 Å². The molecule has 1 heterocycles. The SMILES string of the molecule is CCCCc1ccc(NC(=O)C2CC(O)CN2)cc1. The van der Waals surface area contributed by atoms with Gasteiger partial charge in [-0.1, -0.05) is 25.5 Å². The van der Waals surface area contributed by atoms with Crippen molar-refractivity contribution < 1.29 is 9.90 Å². The number of hydrogen-bond donors (Lipinski definition) is 3. The highest BCUT2D eigenvalue weighted by Crippen LogP contribution is 2.14. The molecule has 104 valence electrons. The zero-order chi connectivity index (χ0) is 13.7. The molecular weight excluding hydrogens is 240 g/mol. The number of carbonyl (C=O) groups is 1. The van der Waals surface area contributed by atoms with E-state index < -0.39 is 6.10 Å². The lowest BCUT2D eigenvalue weighted by molar-refractivity contribution is -0.117. The second-order valence-electron chi connectivity index (χ2n) is 5.14. The molecule has 0 spiro atoms. The third-order valence-corrected chi connectivity index (χ3v) is 3.46. The molecule has 0 aromatic heterocycles.